The lowest BCUT2D eigenvalue weighted by Crippen LogP contribution is -2.42. The van der Waals surface area contributed by atoms with Gasteiger partial charge < -0.3 is 14.2 Å². The first kappa shape index (κ1) is 14.8. The summed E-state index contributed by atoms with van der Waals surface area (Å²) in [4.78, 5) is 23.5. The first-order chi connectivity index (χ1) is 11.7. The van der Waals surface area contributed by atoms with Gasteiger partial charge in [0.1, 0.15) is 17.4 Å². The first-order valence-electron chi connectivity index (χ1n) is 7.96. The van der Waals surface area contributed by atoms with Crippen LogP contribution in [-0.4, -0.2) is 45.0 Å². The highest BCUT2D eigenvalue weighted by molar-refractivity contribution is 5.94. The zero-order valence-electron chi connectivity index (χ0n) is 13.4. The van der Waals surface area contributed by atoms with Gasteiger partial charge in [-0.25, -0.2) is 4.98 Å². The molecule has 1 unspecified atom stereocenters. The molecule has 122 valence electrons. The van der Waals surface area contributed by atoms with E-state index in [1.165, 1.54) is 0 Å². The number of hydrogen-bond acceptors (Lipinski definition) is 4. The van der Waals surface area contributed by atoms with Gasteiger partial charge in [-0.1, -0.05) is 6.07 Å². The molecule has 3 aromatic rings. The Bertz CT molecular complexity index is 875. The van der Waals surface area contributed by atoms with Crippen LogP contribution in [0.15, 0.2) is 48.8 Å². The Hall–Kier alpha value is -2.73. The van der Waals surface area contributed by atoms with Crippen LogP contribution in [0, 0.1) is 0 Å². The smallest absolute Gasteiger partial charge is 0.272 e. The van der Waals surface area contributed by atoms with Gasteiger partial charge in [0, 0.05) is 31.4 Å². The monoisotopic (exact) mass is 322 g/mol. The topological polar surface area (TPSA) is 60.2 Å². The standard InChI is InChI=1S/C18H18N4O2/c1-21-9-7-13-5-6-15(20-17(13)21)18(23)22-10-11-24-16(12-22)14-4-2-3-8-19-14/h2-9,16H,10-12H2,1H3. The Kier molecular flexibility index (Phi) is 3.74. The molecule has 0 aromatic carbocycles. The Balaban J connectivity index is 1.57. The molecule has 6 nitrogen and oxygen atoms in total. The van der Waals surface area contributed by atoms with Crippen molar-refractivity contribution in [2.45, 2.75) is 6.10 Å². The molecule has 0 N–H and O–H groups in total. The second kappa shape index (κ2) is 6.05. The number of rotatable bonds is 2. The summed E-state index contributed by atoms with van der Waals surface area (Å²) >= 11 is 0. The number of aromatic nitrogens is 3. The van der Waals surface area contributed by atoms with Crippen LogP contribution in [-0.2, 0) is 11.8 Å². The molecule has 3 aromatic heterocycles. The summed E-state index contributed by atoms with van der Waals surface area (Å²) < 4.78 is 7.70. The summed E-state index contributed by atoms with van der Waals surface area (Å²) in [5.41, 5.74) is 2.13. The molecule has 1 aliphatic rings. The van der Waals surface area contributed by atoms with Crippen molar-refractivity contribution in [2.75, 3.05) is 19.7 Å². The van der Waals surface area contributed by atoms with E-state index in [1.54, 1.807) is 17.2 Å². The predicted molar refractivity (Wildman–Crippen MR) is 89.5 cm³/mol. The molecule has 4 heterocycles. The zero-order valence-corrected chi connectivity index (χ0v) is 13.4. The van der Waals surface area contributed by atoms with Gasteiger partial charge in [0.05, 0.1) is 18.8 Å². The normalized spacial score (nSPS) is 18.0. The predicted octanol–water partition coefficient (Wildman–Crippen LogP) is 2.18. The lowest BCUT2D eigenvalue weighted by atomic mass is 10.1. The average Bonchev–Trinajstić information content (AvgIpc) is 3.02. The quantitative estimate of drug-likeness (QED) is 0.725. The second-order valence-electron chi connectivity index (χ2n) is 5.90. The van der Waals surface area contributed by atoms with Gasteiger partial charge in [-0.15, -0.1) is 0 Å². The fourth-order valence-electron chi connectivity index (χ4n) is 2.99. The third kappa shape index (κ3) is 2.65. The number of fused-ring (bicyclic) bond motifs is 1. The summed E-state index contributed by atoms with van der Waals surface area (Å²) in [6, 6.07) is 11.4. The molecule has 1 atom stereocenters. The summed E-state index contributed by atoms with van der Waals surface area (Å²) in [5.74, 6) is -0.0673. The van der Waals surface area contributed by atoms with Crippen molar-refractivity contribution in [3.05, 3.63) is 60.2 Å². The van der Waals surface area contributed by atoms with Crippen molar-refractivity contribution in [1.82, 2.24) is 19.4 Å². The lowest BCUT2D eigenvalue weighted by molar-refractivity contribution is -0.0249. The van der Waals surface area contributed by atoms with Crippen molar-refractivity contribution < 1.29 is 9.53 Å². The highest BCUT2D eigenvalue weighted by Gasteiger charge is 2.27. The van der Waals surface area contributed by atoms with E-state index in [4.69, 9.17) is 4.74 Å². The van der Waals surface area contributed by atoms with Crippen LogP contribution in [0.25, 0.3) is 11.0 Å². The molecule has 0 saturated carbocycles. The highest BCUT2D eigenvalue weighted by atomic mass is 16.5. The van der Waals surface area contributed by atoms with Crippen molar-refractivity contribution in [1.29, 1.82) is 0 Å². The van der Waals surface area contributed by atoms with E-state index in [9.17, 15) is 4.79 Å². The minimum atomic E-state index is -0.192. The van der Waals surface area contributed by atoms with E-state index in [2.05, 4.69) is 9.97 Å². The largest absolute Gasteiger partial charge is 0.368 e. The van der Waals surface area contributed by atoms with Crippen molar-refractivity contribution in [3.63, 3.8) is 0 Å². The fraction of sp³-hybridized carbons (Fsp3) is 0.278. The highest BCUT2D eigenvalue weighted by Crippen LogP contribution is 2.22. The molecule has 1 amide bonds. The van der Waals surface area contributed by atoms with E-state index >= 15 is 0 Å². The molecular weight excluding hydrogens is 304 g/mol. The van der Waals surface area contributed by atoms with Crippen LogP contribution >= 0.6 is 0 Å². The number of carbonyl (C=O) groups is 1. The van der Waals surface area contributed by atoms with E-state index < -0.39 is 0 Å². The molecule has 6 heteroatoms. The van der Waals surface area contributed by atoms with E-state index in [1.807, 2.05) is 48.1 Å². The minimum Gasteiger partial charge on any atom is -0.368 e. The van der Waals surface area contributed by atoms with Crippen LogP contribution in [0.2, 0.25) is 0 Å². The van der Waals surface area contributed by atoms with Gasteiger partial charge in [0.2, 0.25) is 0 Å². The van der Waals surface area contributed by atoms with E-state index in [0.29, 0.717) is 25.4 Å². The molecule has 4 rings (SSSR count). The molecule has 1 fully saturated rings. The van der Waals surface area contributed by atoms with Crippen LogP contribution in [0.1, 0.15) is 22.3 Å². The van der Waals surface area contributed by atoms with Crippen LogP contribution in [0.4, 0.5) is 0 Å². The van der Waals surface area contributed by atoms with Crippen LogP contribution in [0.3, 0.4) is 0 Å². The number of carbonyl (C=O) groups excluding carboxylic acids is 1. The van der Waals surface area contributed by atoms with E-state index in [0.717, 1.165) is 16.7 Å². The lowest BCUT2D eigenvalue weighted by Gasteiger charge is -2.32. The molecule has 1 saturated heterocycles. The number of aryl methyl sites for hydroxylation is 1. The average molecular weight is 322 g/mol. The first-order valence-corrected chi connectivity index (χ1v) is 7.96. The molecule has 0 radical (unpaired) electrons. The molecule has 0 spiro atoms. The number of morpholine rings is 1. The maximum Gasteiger partial charge on any atom is 0.272 e. The number of ether oxygens (including phenoxy) is 1. The van der Waals surface area contributed by atoms with Gasteiger partial charge in [0.25, 0.3) is 5.91 Å². The maximum absolute atomic E-state index is 12.8. The number of hydrogen-bond donors (Lipinski definition) is 0. The van der Waals surface area contributed by atoms with Gasteiger partial charge in [-0.3, -0.25) is 9.78 Å². The molecule has 0 aliphatic carbocycles. The summed E-state index contributed by atoms with van der Waals surface area (Å²) in [7, 11) is 1.93. The van der Waals surface area contributed by atoms with Crippen molar-refractivity contribution >= 4 is 16.9 Å². The van der Waals surface area contributed by atoms with Crippen LogP contribution < -0.4 is 0 Å². The summed E-state index contributed by atoms with van der Waals surface area (Å²) in [5, 5.41) is 1.03. The zero-order chi connectivity index (χ0) is 16.5. The SMILES string of the molecule is Cn1ccc2ccc(C(=O)N3CCOC(c4ccccn4)C3)nc21. The Morgan fingerprint density at radius 2 is 2.17 bits per heavy atom. The molecule has 24 heavy (non-hydrogen) atoms. The van der Waals surface area contributed by atoms with Gasteiger partial charge in [-0.2, -0.15) is 0 Å². The van der Waals surface area contributed by atoms with Gasteiger partial charge in [0.15, 0.2) is 0 Å². The maximum atomic E-state index is 12.8. The van der Waals surface area contributed by atoms with Gasteiger partial charge >= 0.3 is 0 Å². The third-order valence-electron chi connectivity index (χ3n) is 4.31. The minimum absolute atomic E-state index is 0.0673. The summed E-state index contributed by atoms with van der Waals surface area (Å²) in [6.07, 6.45) is 3.49. The Morgan fingerprint density at radius 1 is 1.25 bits per heavy atom. The van der Waals surface area contributed by atoms with Crippen molar-refractivity contribution in [3.8, 4) is 0 Å². The van der Waals surface area contributed by atoms with Gasteiger partial charge in [-0.05, 0) is 30.3 Å². The summed E-state index contributed by atoms with van der Waals surface area (Å²) in [6.45, 7) is 1.55. The Morgan fingerprint density at radius 3 is 3.00 bits per heavy atom. The van der Waals surface area contributed by atoms with Crippen LogP contribution in [0.5, 0.6) is 0 Å². The molecule has 0 bridgehead atoms. The fourth-order valence-corrected chi connectivity index (χ4v) is 2.99. The number of amides is 1. The molecule has 1 aliphatic heterocycles. The van der Waals surface area contributed by atoms with E-state index in [-0.39, 0.29) is 12.0 Å². The second-order valence-corrected chi connectivity index (χ2v) is 5.90. The third-order valence-corrected chi connectivity index (χ3v) is 4.31. The number of nitrogens with zero attached hydrogens (tertiary/aromatic N) is 4. The molecular formula is C18H18N4O2. The number of pyridine rings is 2. The Labute approximate surface area is 139 Å². The van der Waals surface area contributed by atoms with Crippen molar-refractivity contribution in [2.24, 2.45) is 7.05 Å².